The molecule has 0 aliphatic heterocycles. The van der Waals surface area contributed by atoms with Crippen molar-refractivity contribution in [2.45, 2.75) is 77.6 Å². The molecular weight excluding hydrogens is 324 g/mol. The quantitative estimate of drug-likeness (QED) is 0.0834. The Morgan fingerprint density at radius 2 is 1.76 bits per heavy atom. The molecule has 144 valence electrons. The second kappa shape index (κ2) is 16.9. The number of nitro groups is 1. The lowest BCUT2D eigenvalue weighted by atomic mass is 10.1. The predicted molar refractivity (Wildman–Crippen MR) is 97.6 cm³/mol. The number of nitrogens with zero attached hydrogens (tertiary/aromatic N) is 2. The fourth-order valence-corrected chi connectivity index (χ4v) is 2.34. The highest BCUT2D eigenvalue weighted by molar-refractivity contribution is 6.36. The number of rotatable bonds is 16. The van der Waals surface area contributed by atoms with E-state index in [2.05, 4.69) is 12.1 Å². The Bertz CT molecular complexity index is 422. The molecule has 0 heterocycles. The Morgan fingerprint density at radius 1 is 1.08 bits per heavy atom. The standard InChI is InChI=1S/C18H32N2O5/c1-2-3-4-5-6-7-10-13-16-25-18(21)17(19-22)14-11-8-9-12-15-20(23)24/h10,13,22H,2-9,11-12,14-16H2,1H3/b13-10+,19-17+. The molecular formula is C18H32N2O5. The molecule has 0 saturated heterocycles. The first-order valence-corrected chi connectivity index (χ1v) is 9.26. The van der Waals surface area contributed by atoms with Gasteiger partial charge in [0.25, 0.3) is 0 Å². The summed E-state index contributed by atoms with van der Waals surface area (Å²) in [4.78, 5) is 21.6. The first kappa shape index (κ1) is 23.1. The Hall–Kier alpha value is -1.92. The van der Waals surface area contributed by atoms with Crippen LogP contribution in [-0.4, -0.2) is 35.0 Å². The van der Waals surface area contributed by atoms with Gasteiger partial charge >= 0.3 is 5.97 Å². The first-order valence-electron chi connectivity index (χ1n) is 9.26. The van der Waals surface area contributed by atoms with Crippen molar-refractivity contribution in [3.8, 4) is 0 Å². The van der Waals surface area contributed by atoms with E-state index in [0.717, 1.165) is 25.7 Å². The minimum atomic E-state index is -0.611. The third-order valence-electron chi connectivity index (χ3n) is 3.81. The average Bonchev–Trinajstić information content (AvgIpc) is 2.59. The Morgan fingerprint density at radius 3 is 2.44 bits per heavy atom. The number of ether oxygens (including phenoxy) is 1. The summed E-state index contributed by atoms with van der Waals surface area (Å²) in [7, 11) is 0. The van der Waals surface area contributed by atoms with E-state index in [1.165, 1.54) is 25.7 Å². The summed E-state index contributed by atoms with van der Waals surface area (Å²) in [5.74, 6) is -0.611. The van der Waals surface area contributed by atoms with Gasteiger partial charge in [-0.15, -0.1) is 0 Å². The lowest BCUT2D eigenvalue weighted by molar-refractivity contribution is -0.480. The van der Waals surface area contributed by atoms with E-state index in [0.29, 0.717) is 19.3 Å². The Labute approximate surface area is 150 Å². The van der Waals surface area contributed by atoms with Gasteiger partial charge in [0, 0.05) is 17.8 Å². The van der Waals surface area contributed by atoms with E-state index >= 15 is 0 Å². The van der Waals surface area contributed by atoms with E-state index in [9.17, 15) is 14.9 Å². The van der Waals surface area contributed by atoms with E-state index in [1.54, 1.807) is 0 Å². The molecule has 7 nitrogen and oxygen atoms in total. The Balaban J connectivity index is 3.71. The highest BCUT2D eigenvalue weighted by Gasteiger charge is 2.13. The van der Waals surface area contributed by atoms with Crippen LogP contribution < -0.4 is 0 Å². The zero-order chi connectivity index (χ0) is 18.8. The van der Waals surface area contributed by atoms with Crippen molar-refractivity contribution >= 4 is 11.7 Å². The number of carbonyl (C=O) groups excluding carboxylic acids is 1. The molecule has 0 spiro atoms. The maximum atomic E-state index is 11.8. The van der Waals surface area contributed by atoms with Crippen LogP contribution >= 0.6 is 0 Å². The highest BCUT2D eigenvalue weighted by atomic mass is 16.6. The minimum absolute atomic E-state index is 0.00208. The van der Waals surface area contributed by atoms with Gasteiger partial charge < -0.3 is 9.94 Å². The van der Waals surface area contributed by atoms with Gasteiger partial charge in [-0.3, -0.25) is 10.1 Å². The summed E-state index contributed by atoms with van der Waals surface area (Å²) < 4.78 is 5.04. The Kier molecular flexibility index (Phi) is 15.6. The molecule has 25 heavy (non-hydrogen) atoms. The van der Waals surface area contributed by atoms with E-state index in [-0.39, 0.29) is 23.8 Å². The third-order valence-corrected chi connectivity index (χ3v) is 3.81. The van der Waals surface area contributed by atoms with Crippen LogP contribution in [0.4, 0.5) is 0 Å². The lowest BCUT2D eigenvalue weighted by Gasteiger charge is -2.04. The monoisotopic (exact) mass is 356 g/mol. The summed E-state index contributed by atoms with van der Waals surface area (Å²) >= 11 is 0. The maximum Gasteiger partial charge on any atom is 0.356 e. The maximum absolute atomic E-state index is 11.8. The van der Waals surface area contributed by atoms with E-state index < -0.39 is 5.97 Å². The van der Waals surface area contributed by atoms with Crippen molar-refractivity contribution in [3.05, 3.63) is 22.3 Å². The highest BCUT2D eigenvalue weighted by Crippen LogP contribution is 2.06. The predicted octanol–water partition coefficient (Wildman–Crippen LogP) is 4.50. The topological polar surface area (TPSA) is 102 Å². The van der Waals surface area contributed by atoms with Crippen LogP contribution in [0.25, 0.3) is 0 Å². The number of carbonyl (C=O) groups is 1. The summed E-state index contributed by atoms with van der Waals surface area (Å²) in [6, 6.07) is 0. The van der Waals surface area contributed by atoms with Gasteiger partial charge in [0.05, 0.1) is 0 Å². The molecule has 0 aromatic heterocycles. The first-order chi connectivity index (χ1) is 12.1. The smallest absolute Gasteiger partial charge is 0.356 e. The second-order valence-electron chi connectivity index (χ2n) is 6.04. The molecule has 0 rings (SSSR count). The SMILES string of the molecule is CCCCCCC/C=C/COC(=O)/C(CCCCCC[N+](=O)[O-])=N/O. The molecule has 0 saturated carbocycles. The third kappa shape index (κ3) is 15.4. The number of hydrogen-bond acceptors (Lipinski definition) is 6. The molecule has 0 aromatic rings. The number of oxime groups is 1. The van der Waals surface area contributed by atoms with Crippen LogP contribution in [0, 0.1) is 10.1 Å². The lowest BCUT2D eigenvalue weighted by Crippen LogP contribution is -2.17. The number of esters is 1. The van der Waals surface area contributed by atoms with Gasteiger partial charge in [-0.2, -0.15) is 0 Å². The van der Waals surface area contributed by atoms with Crippen molar-refractivity contribution in [2.24, 2.45) is 5.16 Å². The summed E-state index contributed by atoms with van der Waals surface area (Å²) in [5, 5.41) is 22.1. The number of unbranched alkanes of at least 4 members (excludes halogenated alkanes) is 8. The van der Waals surface area contributed by atoms with Crippen molar-refractivity contribution in [2.75, 3.05) is 13.2 Å². The fourth-order valence-electron chi connectivity index (χ4n) is 2.34. The van der Waals surface area contributed by atoms with Gasteiger partial charge in [0.1, 0.15) is 6.61 Å². The van der Waals surface area contributed by atoms with Crippen molar-refractivity contribution in [1.29, 1.82) is 0 Å². The van der Waals surface area contributed by atoms with Crippen LogP contribution in [0.3, 0.4) is 0 Å². The molecule has 0 radical (unpaired) electrons. The van der Waals surface area contributed by atoms with Crippen LogP contribution in [0.15, 0.2) is 17.3 Å². The van der Waals surface area contributed by atoms with Gasteiger partial charge in [-0.1, -0.05) is 56.3 Å². The molecule has 0 bridgehead atoms. The van der Waals surface area contributed by atoms with Gasteiger partial charge in [0.2, 0.25) is 6.54 Å². The zero-order valence-electron chi connectivity index (χ0n) is 15.3. The number of allylic oxidation sites excluding steroid dienone is 1. The van der Waals surface area contributed by atoms with Crippen LogP contribution in [0.2, 0.25) is 0 Å². The van der Waals surface area contributed by atoms with Crippen molar-refractivity contribution in [1.82, 2.24) is 0 Å². The minimum Gasteiger partial charge on any atom is -0.457 e. The van der Waals surface area contributed by atoms with Gasteiger partial charge in [0.15, 0.2) is 5.71 Å². The van der Waals surface area contributed by atoms with Gasteiger partial charge in [-0.05, 0) is 25.7 Å². The van der Waals surface area contributed by atoms with Crippen LogP contribution in [0.5, 0.6) is 0 Å². The molecule has 0 aliphatic rings. The zero-order valence-corrected chi connectivity index (χ0v) is 15.3. The molecule has 1 N–H and O–H groups in total. The summed E-state index contributed by atoms with van der Waals surface area (Å²) in [5.41, 5.74) is 0.00208. The normalized spacial score (nSPS) is 11.8. The summed E-state index contributed by atoms with van der Waals surface area (Å²) in [6.45, 7) is 2.33. The van der Waals surface area contributed by atoms with Gasteiger partial charge in [-0.25, -0.2) is 4.79 Å². The molecule has 0 atom stereocenters. The number of hydrogen-bond donors (Lipinski definition) is 1. The molecule has 0 fully saturated rings. The van der Waals surface area contributed by atoms with Crippen LogP contribution in [0.1, 0.15) is 77.6 Å². The largest absolute Gasteiger partial charge is 0.457 e. The van der Waals surface area contributed by atoms with E-state index in [4.69, 9.17) is 9.94 Å². The van der Waals surface area contributed by atoms with E-state index in [1.807, 2.05) is 12.2 Å². The second-order valence-corrected chi connectivity index (χ2v) is 6.04. The van der Waals surface area contributed by atoms with Crippen LogP contribution in [-0.2, 0) is 9.53 Å². The molecule has 0 unspecified atom stereocenters. The van der Waals surface area contributed by atoms with Crippen molar-refractivity contribution < 1.29 is 19.7 Å². The summed E-state index contributed by atoms with van der Waals surface area (Å²) in [6.07, 6.45) is 13.9. The molecule has 0 amide bonds. The average molecular weight is 356 g/mol. The van der Waals surface area contributed by atoms with Crippen molar-refractivity contribution in [3.63, 3.8) is 0 Å². The molecule has 0 aromatic carbocycles. The molecule has 0 aliphatic carbocycles. The molecule has 7 heteroatoms. The fraction of sp³-hybridized carbons (Fsp3) is 0.778.